The monoisotopic (exact) mass is 293 g/mol. The van der Waals surface area contributed by atoms with Crippen LogP contribution in [0, 0.1) is 6.92 Å². The molecule has 0 spiro atoms. The van der Waals surface area contributed by atoms with Gasteiger partial charge in [0.1, 0.15) is 11.2 Å². The number of carbonyl (C=O) groups is 1. The van der Waals surface area contributed by atoms with Crippen LogP contribution in [0.3, 0.4) is 0 Å². The van der Waals surface area contributed by atoms with Crippen molar-refractivity contribution in [3.63, 3.8) is 0 Å². The van der Waals surface area contributed by atoms with E-state index in [9.17, 15) is 4.79 Å². The van der Waals surface area contributed by atoms with Gasteiger partial charge in [-0.2, -0.15) is 0 Å². The van der Waals surface area contributed by atoms with Gasteiger partial charge >= 0.3 is 0 Å². The number of oxazole rings is 1. The van der Waals surface area contributed by atoms with E-state index in [0.29, 0.717) is 34.1 Å². The summed E-state index contributed by atoms with van der Waals surface area (Å²) < 4.78 is 7.10. The summed E-state index contributed by atoms with van der Waals surface area (Å²) in [7, 11) is 0. The van der Waals surface area contributed by atoms with Crippen LogP contribution in [0.25, 0.3) is 16.9 Å². The number of anilines is 1. The number of hydrogen-bond donors (Lipinski definition) is 1. The minimum atomic E-state index is -0.301. The fourth-order valence-corrected chi connectivity index (χ4v) is 2.25. The molecule has 1 amide bonds. The molecule has 0 saturated carbocycles. The van der Waals surface area contributed by atoms with Crippen LogP contribution in [-0.4, -0.2) is 25.3 Å². The number of rotatable bonds is 2. The third kappa shape index (κ3) is 2.08. The van der Waals surface area contributed by atoms with Crippen LogP contribution in [0.4, 0.5) is 5.69 Å². The molecule has 0 saturated heterocycles. The third-order valence-corrected chi connectivity index (χ3v) is 3.22. The first-order chi connectivity index (χ1) is 10.7. The van der Waals surface area contributed by atoms with Crippen molar-refractivity contribution < 1.29 is 9.21 Å². The lowest BCUT2D eigenvalue weighted by Gasteiger charge is -2.01. The van der Waals surface area contributed by atoms with Crippen LogP contribution in [0.1, 0.15) is 16.4 Å². The highest BCUT2D eigenvalue weighted by molar-refractivity contribution is 6.03. The van der Waals surface area contributed by atoms with Crippen molar-refractivity contribution in [3.8, 4) is 0 Å². The van der Waals surface area contributed by atoms with Crippen LogP contribution >= 0.6 is 0 Å². The van der Waals surface area contributed by atoms with E-state index in [1.807, 2.05) is 0 Å². The van der Waals surface area contributed by atoms with Crippen LogP contribution in [0.15, 0.2) is 47.3 Å². The predicted molar refractivity (Wildman–Crippen MR) is 79.7 cm³/mol. The molecule has 0 atom stereocenters. The molecule has 108 valence electrons. The summed E-state index contributed by atoms with van der Waals surface area (Å²) in [4.78, 5) is 24.8. The van der Waals surface area contributed by atoms with Gasteiger partial charge in [-0.25, -0.2) is 15.0 Å². The second-order valence-electron chi connectivity index (χ2n) is 4.82. The van der Waals surface area contributed by atoms with E-state index in [-0.39, 0.29) is 5.91 Å². The molecule has 0 unspecified atom stereocenters. The Hall–Kier alpha value is -3.22. The van der Waals surface area contributed by atoms with Crippen molar-refractivity contribution in [1.29, 1.82) is 0 Å². The lowest BCUT2D eigenvalue weighted by molar-refractivity contribution is 0.102. The Balaban J connectivity index is 1.64. The molecule has 4 aromatic rings. The van der Waals surface area contributed by atoms with Gasteiger partial charge in [-0.05, 0) is 24.3 Å². The second-order valence-corrected chi connectivity index (χ2v) is 4.82. The Morgan fingerprint density at radius 3 is 3.09 bits per heavy atom. The van der Waals surface area contributed by atoms with Gasteiger partial charge in [0.05, 0.1) is 0 Å². The zero-order valence-corrected chi connectivity index (χ0v) is 11.6. The van der Waals surface area contributed by atoms with Crippen LogP contribution < -0.4 is 5.32 Å². The van der Waals surface area contributed by atoms with Gasteiger partial charge < -0.3 is 9.73 Å². The zero-order valence-electron chi connectivity index (χ0n) is 11.6. The van der Waals surface area contributed by atoms with E-state index in [2.05, 4.69) is 20.3 Å². The number of nitrogens with zero attached hydrogens (tertiary/aromatic N) is 4. The maximum absolute atomic E-state index is 12.3. The van der Waals surface area contributed by atoms with E-state index >= 15 is 0 Å². The molecule has 0 aliphatic rings. The molecule has 0 aliphatic carbocycles. The van der Waals surface area contributed by atoms with E-state index < -0.39 is 0 Å². The molecule has 3 heterocycles. The first kappa shape index (κ1) is 12.5. The van der Waals surface area contributed by atoms with Gasteiger partial charge in [0, 0.05) is 31.2 Å². The second kappa shape index (κ2) is 4.66. The third-order valence-electron chi connectivity index (χ3n) is 3.22. The summed E-state index contributed by atoms with van der Waals surface area (Å²) in [6.45, 7) is 1.78. The standard InChI is InChI=1S/C15H11N5O2/c1-9-17-11-7-10(3-4-13(11)22-9)18-14(21)12-8-20-6-2-5-16-15(20)19-12/h2-8H,1H3,(H,18,21). The summed E-state index contributed by atoms with van der Waals surface area (Å²) in [5.41, 5.74) is 2.32. The summed E-state index contributed by atoms with van der Waals surface area (Å²) in [6.07, 6.45) is 5.05. The van der Waals surface area contributed by atoms with Gasteiger partial charge in [-0.15, -0.1) is 0 Å². The smallest absolute Gasteiger partial charge is 0.275 e. The van der Waals surface area contributed by atoms with Crippen molar-refractivity contribution in [2.45, 2.75) is 6.92 Å². The molecule has 1 N–H and O–H groups in total. The molecule has 22 heavy (non-hydrogen) atoms. The number of nitrogens with one attached hydrogen (secondary N) is 1. The number of benzene rings is 1. The van der Waals surface area contributed by atoms with Crippen LogP contribution in [0.5, 0.6) is 0 Å². The highest BCUT2D eigenvalue weighted by Gasteiger charge is 2.12. The highest BCUT2D eigenvalue weighted by Crippen LogP contribution is 2.20. The summed E-state index contributed by atoms with van der Waals surface area (Å²) in [5, 5.41) is 2.80. The maximum Gasteiger partial charge on any atom is 0.275 e. The van der Waals surface area contributed by atoms with Crippen molar-refractivity contribution in [2.75, 3.05) is 5.32 Å². The van der Waals surface area contributed by atoms with E-state index in [1.165, 1.54) is 0 Å². The largest absolute Gasteiger partial charge is 0.441 e. The average Bonchev–Trinajstić information content (AvgIpc) is 3.08. The quantitative estimate of drug-likeness (QED) is 0.613. The molecule has 0 radical (unpaired) electrons. The minimum Gasteiger partial charge on any atom is -0.441 e. The van der Waals surface area contributed by atoms with Gasteiger partial charge in [-0.3, -0.25) is 9.20 Å². The van der Waals surface area contributed by atoms with Gasteiger partial charge in [0.2, 0.25) is 5.78 Å². The lowest BCUT2D eigenvalue weighted by atomic mass is 10.3. The Bertz CT molecular complexity index is 968. The number of imidazole rings is 1. The molecular weight excluding hydrogens is 282 g/mol. The Kier molecular flexibility index (Phi) is 2.65. The molecule has 0 bridgehead atoms. The van der Waals surface area contributed by atoms with Crippen molar-refractivity contribution in [3.05, 3.63) is 54.4 Å². The van der Waals surface area contributed by atoms with Crippen LogP contribution in [-0.2, 0) is 0 Å². The summed E-state index contributed by atoms with van der Waals surface area (Å²) in [6, 6.07) is 7.07. The number of amides is 1. The van der Waals surface area contributed by atoms with Crippen molar-refractivity contribution >= 4 is 28.5 Å². The fraction of sp³-hybridized carbons (Fsp3) is 0.0667. The number of carbonyl (C=O) groups excluding carboxylic acids is 1. The average molecular weight is 293 g/mol. The van der Waals surface area contributed by atoms with Crippen molar-refractivity contribution in [2.24, 2.45) is 0 Å². The molecule has 0 aliphatic heterocycles. The normalized spacial score (nSPS) is 11.1. The van der Waals surface area contributed by atoms with Gasteiger partial charge in [0.15, 0.2) is 11.5 Å². The first-order valence-corrected chi connectivity index (χ1v) is 6.67. The molecule has 7 nitrogen and oxygen atoms in total. The zero-order chi connectivity index (χ0) is 15.1. The predicted octanol–water partition coefficient (Wildman–Crippen LogP) is 2.43. The summed E-state index contributed by atoms with van der Waals surface area (Å²) >= 11 is 0. The first-order valence-electron chi connectivity index (χ1n) is 6.67. The lowest BCUT2D eigenvalue weighted by Crippen LogP contribution is -2.12. The van der Waals surface area contributed by atoms with Gasteiger partial charge in [0.25, 0.3) is 5.91 Å². The Labute approximate surface area is 124 Å². The SMILES string of the molecule is Cc1nc2cc(NC(=O)c3cn4cccnc4n3)ccc2o1. The Morgan fingerprint density at radius 2 is 2.23 bits per heavy atom. The van der Waals surface area contributed by atoms with Gasteiger partial charge in [-0.1, -0.05) is 0 Å². The number of aryl methyl sites for hydroxylation is 1. The molecule has 7 heteroatoms. The number of hydrogen-bond acceptors (Lipinski definition) is 5. The maximum atomic E-state index is 12.3. The van der Waals surface area contributed by atoms with E-state index in [1.54, 1.807) is 54.2 Å². The fourth-order valence-electron chi connectivity index (χ4n) is 2.25. The van der Waals surface area contributed by atoms with E-state index in [0.717, 1.165) is 0 Å². The minimum absolute atomic E-state index is 0.301. The molecule has 4 rings (SSSR count). The van der Waals surface area contributed by atoms with E-state index in [4.69, 9.17) is 4.42 Å². The molecule has 0 fully saturated rings. The topological polar surface area (TPSA) is 85.3 Å². The molecular formula is C15H11N5O2. The number of fused-ring (bicyclic) bond motifs is 2. The summed E-state index contributed by atoms with van der Waals surface area (Å²) in [5.74, 6) is 0.769. The van der Waals surface area contributed by atoms with Crippen LogP contribution in [0.2, 0.25) is 0 Å². The molecule has 3 aromatic heterocycles. The molecule has 1 aromatic carbocycles. The number of aromatic nitrogens is 4. The highest BCUT2D eigenvalue weighted by atomic mass is 16.3. The Morgan fingerprint density at radius 1 is 1.32 bits per heavy atom. The van der Waals surface area contributed by atoms with Crippen molar-refractivity contribution in [1.82, 2.24) is 19.4 Å².